The molecule has 3 rings (SSSR count). The van der Waals surface area contributed by atoms with Crippen LogP contribution >= 0.6 is 0 Å². The van der Waals surface area contributed by atoms with Crippen LogP contribution in [0.25, 0.3) is 10.8 Å². The van der Waals surface area contributed by atoms with Gasteiger partial charge in [0.25, 0.3) is 0 Å². The Labute approximate surface area is 162 Å². The smallest absolute Gasteiger partial charge is 0.232 e. The number of ether oxygens (including phenoxy) is 1. The number of rotatable bonds is 6. The Bertz CT molecular complexity index is 802. The van der Waals surface area contributed by atoms with Gasteiger partial charge in [0.15, 0.2) is 0 Å². The van der Waals surface area contributed by atoms with Gasteiger partial charge in [-0.3, -0.25) is 4.79 Å². The Morgan fingerprint density at radius 2 is 1.89 bits per heavy atom. The second kappa shape index (κ2) is 8.68. The molecule has 1 fully saturated rings. The van der Waals surface area contributed by atoms with E-state index in [1.807, 2.05) is 24.8 Å². The Morgan fingerprint density at radius 3 is 2.67 bits per heavy atom. The van der Waals surface area contributed by atoms with Crippen LogP contribution < -0.4 is 5.32 Å². The Morgan fingerprint density at radius 1 is 1.19 bits per heavy atom. The van der Waals surface area contributed by atoms with Crippen LogP contribution in [0.4, 0.5) is 0 Å². The van der Waals surface area contributed by atoms with E-state index in [-0.39, 0.29) is 11.9 Å². The van der Waals surface area contributed by atoms with Crippen LogP contribution in [-0.2, 0) is 9.53 Å². The number of benzene rings is 2. The number of hydrogen-bond acceptors (Lipinski definition) is 3. The number of hydrogen-bond donors (Lipinski definition) is 1. The van der Waals surface area contributed by atoms with Gasteiger partial charge in [-0.05, 0) is 37.1 Å². The first-order valence-electron chi connectivity index (χ1n) is 9.75. The maximum absolute atomic E-state index is 12.7. The van der Waals surface area contributed by atoms with Crippen LogP contribution in [-0.4, -0.2) is 43.7 Å². The second-order valence-corrected chi connectivity index (χ2v) is 7.73. The third-order valence-electron chi connectivity index (χ3n) is 5.22. The van der Waals surface area contributed by atoms with Gasteiger partial charge in [0.2, 0.25) is 5.91 Å². The molecule has 1 heterocycles. The molecular weight excluding hydrogens is 336 g/mol. The Balaban J connectivity index is 1.58. The van der Waals surface area contributed by atoms with Crippen LogP contribution in [0, 0.1) is 5.41 Å². The molecule has 1 N–H and O–H groups in total. The van der Waals surface area contributed by atoms with Crippen molar-refractivity contribution >= 4 is 16.7 Å². The van der Waals surface area contributed by atoms with E-state index in [0.29, 0.717) is 26.3 Å². The molecule has 0 aliphatic carbocycles. The van der Waals surface area contributed by atoms with Gasteiger partial charge < -0.3 is 15.0 Å². The van der Waals surface area contributed by atoms with Gasteiger partial charge in [-0.15, -0.1) is 0 Å². The molecule has 4 nitrogen and oxygen atoms in total. The lowest BCUT2D eigenvalue weighted by molar-refractivity contribution is -0.142. The van der Waals surface area contributed by atoms with Crippen molar-refractivity contribution in [2.75, 3.05) is 32.8 Å². The highest BCUT2D eigenvalue weighted by Crippen LogP contribution is 2.24. The number of morpholine rings is 1. The molecule has 2 aromatic rings. The molecule has 144 valence electrons. The number of nitrogens with one attached hydrogen (secondary N) is 1. The minimum absolute atomic E-state index is 0.171. The lowest BCUT2D eigenvalue weighted by atomic mass is 9.90. The molecule has 1 atom stereocenters. The molecule has 0 saturated carbocycles. The number of fused-ring (bicyclic) bond motifs is 1. The van der Waals surface area contributed by atoms with Crippen LogP contribution in [0.3, 0.4) is 0 Å². The monoisotopic (exact) mass is 366 g/mol. The van der Waals surface area contributed by atoms with E-state index in [1.54, 1.807) is 0 Å². The van der Waals surface area contributed by atoms with Crippen LogP contribution in [0.15, 0.2) is 54.6 Å². The summed E-state index contributed by atoms with van der Waals surface area (Å²) in [6.07, 6.45) is 4.09. The first-order valence-corrected chi connectivity index (χ1v) is 9.75. The third-order valence-corrected chi connectivity index (χ3v) is 5.22. The molecule has 1 aliphatic heterocycles. The highest BCUT2D eigenvalue weighted by atomic mass is 16.5. The zero-order valence-corrected chi connectivity index (χ0v) is 16.6. The lowest BCUT2D eigenvalue weighted by Gasteiger charge is -2.32. The summed E-state index contributed by atoms with van der Waals surface area (Å²) in [6, 6.07) is 15.1. The summed E-state index contributed by atoms with van der Waals surface area (Å²) in [5.41, 5.74) is 0.798. The van der Waals surface area contributed by atoms with Gasteiger partial charge in [0, 0.05) is 25.7 Å². The summed E-state index contributed by atoms with van der Waals surface area (Å²) in [4.78, 5) is 14.6. The largest absolute Gasteiger partial charge is 0.378 e. The highest BCUT2D eigenvalue weighted by Gasteiger charge is 2.30. The van der Waals surface area contributed by atoms with E-state index >= 15 is 0 Å². The maximum atomic E-state index is 12.7. The maximum Gasteiger partial charge on any atom is 0.232 e. The molecule has 1 amide bonds. The van der Waals surface area contributed by atoms with Gasteiger partial charge in [-0.2, -0.15) is 0 Å². The highest BCUT2D eigenvalue weighted by molar-refractivity contribution is 5.86. The van der Waals surface area contributed by atoms with E-state index in [1.165, 1.54) is 16.3 Å². The van der Waals surface area contributed by atoms with Gasteiger partial charge in [0.05, 0.1) is 18.6 Å². The number of carbonyl (C=O) groups is 1. The predicted molar refractivity (Wildman–Crippen MR) is 111 cm³/mol. The minimum atomic E-state index is -0.498. The van der Waals surface area contributed by atoms with Crippen molar-refractivity contribution < 1.29 is 9.53 Å². The van der Waals surface area contributed by atoms with Gasteiger partial charge >= 0.3 is 0 Å². The average Bonchev–Trinajstić information content (AvgIpc) is 2.70. The summed E-state index contributed by atoms with van der Waals surface area (Å²) >= 11 is 0. The quantitative estimate of drug-likeness (QED) is 0.788. The Hall–Kier alpha value is -2.17. The molecule has 0 bridgehead atoms. The van der Waals surface area contributed by atoms with Crippen LogP contribution in [0.2, 0.25) is 0 Å². The first-order chi connectivity index (χ1) is 13.0. The molecule has 0 spiro atoms. The van der Waals surface area contributed by atoms with Gasteiger partial charge in [-0.1, -0.05) is 54.6 Å². The van der Waals surface area contributed by atoms with Crippen LogP contribution in [0.5, 0.6) is 0 Å². The van der Waals surface area contributed by atoms with Gasteiger partial charge in [0.1, 0.15) is 0 Å². The lowest BCUT2D eigenvalue weighted by Crippen LogP contribution is -2.46. The average molecular weight is 367 g/mol. The molecule has 1 aliphatic rings. The zero-order chi connectivity index (χ0) is 19.3. The van der Waals surface area contributed by atoms with Crippen molar-refractivity contribution in [1.82, 2.24) is 10.2 Å². The Kier molecular flexibility index (Phi) is 6.30. The molecule has 0 unspecified atom stereocenters. The SMILES string of the molecule is C[C@@H](NC/C=C/C(C)(C)C(=O)N1CCOCC1)c1cccc2ccccc12. The van der Waals surface area contributed by atoms with Crippen molar-refractivity contribution in [1.29, 1.82) is 0 Å². The molecular formula is C23H30N2O2. The van der Waals surface area contributed by atoms with E-state index in [9.17, 15) is 4.79 Å². The summed E-state index contributed by atoms with van der Waals surface area (Å²) in [5.74, 6) is 0.171. The molecule has 4 heteroatoms. The fourth-order valence-corrected chi connectivity index (χ4v) is 3.58. The van der Waals surface area contributed by atoms with Crippen molar-refractivity contribution in [3.05, 3.63) is 60.2 Å². The molecule has 1 saturated heterocycles. The topological polar surface area (TPSA) is 41.6 Å². The van der Waals surface area contributed by atoms with Crippen LogP contribution in [0.1, 0.15) is 32.4 Å². The standard InChI is InChI=1S/C23H30N2O2/c1-18(20-11-6-9-19-8-4-5-10-21(19)20)24-13-7-12-23(2,3)22(26)25-14-16-27-17-15-25/h4-12,18,24H,13-17H2,1-3H3/b12-7+/t18-/m1/s1. The fraction of sp³-hybridized carbons (Fsp3) is 0.435. The number of nitrogens with zero attached hydrogens (tertiary/aromatic N) is 1. The minimum Gasteiger partial charge on any atom is -0.378 e. The molecule has 0 aromatic heterocycles. The summed E-state index contributed by atoms with van der Waals surface area (Å²) < 4.78 is 5.34. The third kappa shape index (κ3) is 4.76. The second-order valence-electron chi connectivity index (χ2n) is 7.73. The van der Waals surface area contributed by atoms with E-state index < -0.39 is 5.41 Å². The van der Waals surface area contributed by atoms with E-state index in [2.05, 4.69) is 60.8 Å². The predicted octanol–water partition coefficient (Wildman–Crippen LogP) is 3.93. The first kappa shape index (κ1) is 19.6. The van der Waals surface area contributed by atoms with Crippen molar-refractivity contribution in [3.63, 3.8) is 0 Å². The molecule has 0 radical (unpaired) electrons. The number of carbonyl (C=O) groups excluding carboxylic acids is 1. The zero-order valence-electron chi connectivity index (χ0n) is 16.6. The van der Waals surface area contributed by atoms with E-state index in [0.717, 1.165) is 6.54 Å². The van der Waals surface area contributed by atoms with Crippen molar-refractivity contribution in [2.45, 2.75) is 26.8 Å². The summed E-state index contributed by atoms with van der Waals surface area (Å²) in [5, 5.41) is 6.10. The van der Waals surface area contributed by atoms with E-state index in [4.69, 9.17) is 4.74 Å². The van der Waals surface area contributed by atoms with Crippen molar-refractivity contribution in [3.8, 4) is 0 Å². The van der Waals surface area contributed by atoms with Gasteiger partial charge in [-0.25, -0.2) is 0 Å². The molecule has 27 heavy (non-hydrogen) atoms. The number of amides is 1. The fourth-order valence-electron chi connectivity index (χ4n) is 3.58. The normalized spacial score (nSPS) is 16.8. The summed E-state index contributed by atoms with van der Waals surface area (Å²) in [7, 11) is 0. The summed E-state index contributed by atoms with van der Waals surface area (Å²) in [6.45, 7) is 9.51. The molecule has 2 aromatic carbocycles. The van der Waals surface area contributed by atoms with Crippen molar-refractivity contribution in [2.24, 2.45) is 5.41 Å².